The Morgan fingerprint density at radius 3 is 2.35 bits per heavy atom. The van der Waals surface area contributed by atoms with Crippen molar-refractivity contribution in [2.75, 3.05) is 29.7 Å². The van der Waals surface area contributed by atoms with E-state index in [-0.39, 0.29) is 18.2 Å². The van der Waals surface area contributed by atoms with Crippen molar-refractivity contribution in [1.82, 2.24) is 15.1 Å². The molecule has 0 amide bonds. The van der Waals surface area contributed by atoms with E-state index in [1.807, 2.05) is 18.2 Å². The molecule has 0 saturated carbocycles. The summed E-state index contributed by atoms with van der Waals surface area (Å²) in [5.74, 6) is -0.0215. The number of alkyl halides is 2. The second-order valence-corrected chi connectivity index (χ2v) is 10.6. The summed E-state index contributed by atoms with van der Waals surface area (Å²) in [5, 5.41) is 6.99. The fourth-order valence-corrected chi connectivity index (χ4v) is 5.44. The van der Waals surface area contributed by atoms with Crippen molar-refractivity contribution in [3.8, 4) is 11.5 Å². The maximum atomic E-state index is 13.4. The largest absolute Gasteiger partial charge is 0.415 e. The lowest BCUT2D eigenvalue weighted by molar-refractivity contribution is 0.116. The number of halogens is 2. The van der Waals surface area contributed by atoms with Gasteiger partial charge in [0.1, 0.15) is 0 Å². The summed E-state index contributed by atoms with van der Waals surface area (Å²) >= 11 is 0. The Kier molecular flexibility index (Phi) is 7.57. The molecule has 0 N–H and O–H groups in total. The summed E-state index contributed by atoms with van der Waals surface area (Å²) in [6.45, 7) is 4.72. The SMILES string of the molecule is CC1CCN(CCS(=O)(=O)N(Cc2ccc(-c3nnc(C(F)F)o3)cc2)c2ccccc2)CC1. The predicted molar refractivity (Wildman–Crippen MR) is 126 cm³/mol. The van der Waals surface area contributed by atoms with E-state index < -0.39 is 22.3 Å². The van der Waals surface area contributed by atoms with E-state index in [0.717, 1.165) is 31.5 Å². The molecule has 7 nitrogen and oxygen atoms in total. The topological polar surface area (TPSA) is 79.5 Å². The second kappa shape index (κ2) is 10.6. The minimum atomic E-state index is -3.59. The lowest BCUT2D eigenvalue weighted by atomic mass is 9.99. The maximum absolute atomic E-state index is 13.4. The van der Waals surface area contributed by atoms with Gasteiger partial charge in [-0.2, -0.15) is 8.78 Å². The molecular weight excluding hydrogens is 462 g/mol. The standard InChI is InChI=1S/C24H28F2N4O3S/c1-18-11-13-29(14-12-18)15-16-34(31,32)30(21-5-3-2-4-6-21)17-19-7-9-20(10-8-19)23-27-28-24(33-23)22(25)26/h2-10,18,22H,11-17H2,1H3. The molecule has 2 heterocycles. The molecule has 1 aliphatic rings. The number of aromatic nitrogens is 2. The van der Waals surface area contributed by atoms with E-state index in [0.29, 0.717) is 23.7 Å². The van der Waals surface area contributed by atoms with Crippen molar-refractivity contribution in [3.05, 3.63) is 66.1 Å². The molecule has 0 radical (unpaired) electrons. The zero-order chi connectivity index (χ0) is 24.1. The Bertz CT molecular complexity index is 1160. The molecule has 0 aliphatic carbocycles. The highest BCUT2D eigenvalue weighted by atomic mass is 32.2. The number of sulfonamides is 1. The number of piperidine rings is 1. The Morgan fingerprint density at radius 2 is 1.74 bits per heavy atom. The first-order chi connectivity index (χ1) is 16.3. The summed E-state index contributed by atoms with van der Waals surface area (Å²) in [6.07, 6.45) is -0.653. The number of benzene rings is 2. The van der Waals surface area contributed by atoms with Crippen LogP contribution in [-0.4, -0.2) is 48.9 Å². The smallest absolute Gasteiger partial charge is 0.314 e. The molecule has 1 fully saturated rings. The van der Waals surface area contributed by atoms with Crippen molar-refractivity contribution in [3.63, 3.8) is 0 Å². The van der Waals surface area contributed by atoms with Gasteiger partial charge in [-0.1, -0.05) is 37.3 Å². The number of hydrogen-bond donors (Lipinski definition) is 0. The number of anilines is 1. The summed E-state index contributed by atoms with van der Waals surface area (Å²) in [5.41, 5.74) is 1.82. The van der Waals surface area contributed by atoms with Crippen molar-refractivity contribution < 1.29 is 21.6 Å². The van der Waals surface area contributed by atoms with Crippen LogP contribution in [0.4, 0.5) is 14.5 Å². The van der Waals surface area contributed by atoms with Crippen molar-refractivity contribution in [1.29, 1.82) is 0 Å². The zero-order valence-electron chi connectivity index (χ0n) is 19.0. The first kappa shape index (κ1) is 24.3. The molecular formula is C24H28F2N4O3S. The molecule has 1 saturated heterocycles. The molecule has 4 rings (SSSR count). The third-order valence-corrected chi connectivity index (χ3v) is 7.79. The quantitative estimate of drug-likeness (QED) is 0.431. The fraction of sp³-hybridized carbons (Fsp3) is 0.417. The summed E-state index contributed by atoms with van der Waals surface area (Å²) < 4.78 is 58.6. The van der Waals surface area contributed by atoms with Gasteiger partial charge in [0.2, 0.25) is 15.9 Å². The monoisotopic (exact) mass is 490 g/mol. The molecule has 1 aromatic heterocycles. The van der Waals surface area contributed by atoms with Crippen molar-refractivity contribution in [2.45, 2.75) is 32.7 Å². The predicted octanol–water partition coefficient (Wildman–Crippen LogP) is 4.74. The van der Waals surface area contributed by atoms with Crippen LogP contribution >= 0.6 is 0 Å². The second-order valence-electron chi connectivity index (χ2n) is 8.63. The van der Waals surface area contributed by atoms with Crippen LogP contribution in [0.5, 0.6) is 0 Å². The number of para-hydroxylation sites is 1. The molecule has 1 aliphatic heterocycles. The molecule has 2 aromatic carbocycles. The average molecular weight is 491 g/mol. The van der Waals surface area contributed by atoms with Crippen molar-refractivity contribution >= 4 is 15.7 Å². The van der Waals surface area contributed by atoms with Gasteiger partial charge in [0.15, 0.2) is 0 Å². The minimum Gasteiger partial charge on any atom is -0.415 e. The molecule has 0 unspecified atom stereocenters. The van der Waals surface area contributed by atoms with Crippen LogP contribution in [0.15, 0.2) is 59.0 Å². The first-order valence-electron chi connectivity index (χ1n) is 11.3. The Hall–Kier alpha value is -2.85. The minimum absolute atomic E-state index is 0.00904. The number of likely N-dealkylation sites (tertiary alicyclic amines) is 1. The lowest BCUT2D eigenvalue weighted by Crippen LogP contribution is -2.40. The normalized spacial score (nSPS) is 15.6. The fourth-order valence-electron chi connectivity index (χ4n) is 3.94. The van der Waals surface area contributed by atoms with Gasteiger partial charge in [-0.15, -0.1) is 10.2 Å². The van der Waals surface area contributed by atoms with Gasteiger partial charge in [-0.25, -0.2) is 8.42 Å². The van der Waals surface area contributed by atoms with E-state index in [1.54, 1.807) is 36.4 Å². The average Bonchev–Trinajstić information content (AvgIpc) is 3.34. The van der Waals surface area contributed by atoms with E-state index in [9.17, 15) is 17.2 Å². The van der Waals surface area contributed by atoms with Crippen LogP contribution in [0.1, 0.15) is 37.6 Å². The summed E-state index contributed by atoms with van der Waals surface area (Å²) in [6, 6.07) is 15.8. The molecule has 0 atom stereocenters. The molecule has 0 bridgehead atoms. The first-order valence-corrected chi connectivity index (χ1v) is 12.9. The van der Waals surface area contributed by atoms with Gasteiger partial charge in [-0.05, 0) is 61.7 Å². The van der Waals surface area contributed by atoms with E-state index in [2.05, 4.69) is 22.0 Å². The van der Waals surface area contributed by atoms with Crippen LogP contribution in [0.25, 0.3) is 11.5 Å². The van der Waals surface area contributed by atoms with Crippen LogP contribution in [0.2, 0.25) is 0 Å². The highest BCUT2D eigenvalue weighted by Gasteiger charge is 2.25. The summed E-state index contributed by atoms with van der Waals surface area (Å²) in [4.78, 5) is 2.22. The van der Waals surface area contributed by atoms with Gasteiger partial charge < -0.3 is 9.32 Å². The van der Waals surface area contributed by atoms with Crippen LogP contribution in [0.3, 0.4) is 0 Å². The number of nitrogens with zero attached hydrogens (tertiary/aromatic N) is 4. The Balaban J connectivity index is 1.50. The highest BCUT2D eigenvalue weighted by Crippen LogP contribution is 2.26. The highest BCUT2D eigenvalue weighted by molar-refractivity contribution is 7.92. The Labute approximate surface area is 198 Å². The van der Waals surface area contributed by atoms with Crippen LogP contribution < -0.4 is 4.31 Å². The molecule has 34 heavy (non-hydrogen) atoms. The van der Waals surface area contributed by atoms with Gasteiger partial charge in [-0.3, -0.25) is 4.31 Å². The van der Waals surface area contributed by atoms with Gasteiger partial charge >= 0.3 is 6.43 Å². The van der Waals surface area contributed by atoms with E-state index in [4.69, 9.17) is 4.42 Å². The zero-order valence-corrected chi connectivity index (χ0v) is 19.8. The molecule has 3 aromatic rings. The molecule has 182 valence electrons. The van der Waals surface area contributed by atoms with E-state index >= 15 is 0 Å². The Morgan fingerprint density at radius 1 is 1.06 bits per heavy atom. The van der Waals surface area contributed by atoms with Gasteiger partial charge in [0.05, 0.1) is 18.0 Å². The molecule has 0 spiro atoms. The lowest BCUT2D eigenvalue weighted by Gasteiger charge is -2.31. The summed E-state index contributed by atoms with van der Waals surface area (Å²) in [7, 11) is -3.59. The van der Waals surface area contributed by atoms with Crippen molar-refractivity contribution in [2.24, 2.45) is 5.92 Å². The van der Waals surface area contributed by atoms with E-state index in [1.165, 1.54) is 4.31 Å². The molecule has 10 heteroatoms. The maximum Gasteiger partial charge on any atom is 0.314 e. The third-order valence-electron chi connectivity index (χ3n) is 6.08. The number of hydrogen-bond acceptors (Lipinski definition) is 6. The van der Waals surface area contributed by atoms with Gasteiger partial charge in [0, 0.05) is 12.1 Å². The number of rotatable bonds is 9. The van der Waals surface area contributed by atoms with Gasteiger partial charge in [0.25, 0.3) is 5.89 Å². The van der Waals surface area contributed by atoms with Crippen LogP contribution in [-0.2, 0) is 16.6 Å². The third kappa shape index (κ3) is 5.98. The van der Waals surface area contributed by atoms with Crippen LogP contribution in [0, 0.1) is 5.92 Å².